The van der Waals surface area contributed by atoms with Gasteiger partial charge in [0.1, 0.15) is 0 Å². The monoisotopic (exact) mass is 217 g/mol. The molecule has 1 rings (SSSR count). The minimum atomic E-state index is -2.96. The van der Waals surface area contributed by atoms with Crippen molar-refractivity contribution in [3.63, 3.8) is 0 Å². The third-order valence-corrected chi connectivity index (χ3v) is 3.57. The van der Waals surface area contributed by atoms with Crippen LogP contribution in [0.4, 0.5) is 0 Å². The van der Waals surface area contributed by atoms with Crippen LogP contribution in [0.25, 0.3) is 0 Å². The van der Waals surface area contributed by atoms with Gasteiger partial charge in [-0.05, 0) is 19.0 Å². The zero-order chi connectivity index (χ0) is 10.4. The summed E-state index contributed by atoms with van der Waals surface area (Å²) in [6, 6.07) is 1.77. The third-order valence-electron chi connectivity index (χ3n) is 1.85. The molecule has 1 aromatic rings. The first kappa shape index (κ1) is 11.2. The van der Waals surface area contributed by atoms with Crippen molar-refractivity contribution >= 4 is 9.84 Å². The maximum atomic E-state index is 11.4. The number of sulfone groups is 1. The maximum Gasteiger partial charge on any atom is 0.152 e. The normalized spacial score (nSPS) is 11.8. The Bertz CT molecular complexity index is 345. The van der Waals surface area contributed by atoms with Gasteiger partial charge in [0.15, 0.2) is 9.84 Å². The summed E-state index contributed by atoms with van der Waals surface area (Å²) < 4.78 is 24.4. The molecule has 1 heterocycles. The SMILES string of the molecule is NCCCS(=O)(=O)CCn1cccn1. The van der Waals surface area contributed by atoms with Gasteiger partial charge >= 0.3 is 0 Å². The molecule has 0 aliphatic carbocycles. The molecule has 0 aromatic carbocycles. The van der Waals surface area contributed by atoms with Crippen LogP contribution in [0.3, 0.4) is 0 Å². The average molecular weight is 217 g/mol. The molecule has 0 radical (unpaired) electrons. The molecular weight excluding hydrogens is 202 g/mol. The van der Waals surface area contributed by atoms with Crippen LogP contribution < -0.4 is 5.73 Å². The highest BCUT2D eigenvalue weighted by molar-refractivity contribution is 7.91. The van der Waals surface area contributed by atoms with Gasteiger partial charge in [-0.25, -0.2) is 8.42 Å². The summed E-state index contributed by atoms with van der Waals surface area (Å²) >= 11 is 0. The number of rotatable bonds is 6. The van der Waals surface area contributed by atoms with E-state index in [-0.39, 0.29) is 11.5 Å². The summed E-state index contributed by atoms with van der Waals surface area (Å²) in [7, 11) is -2.96. The van der Waals surface area contributed by atoms with Crippen molar-refractivity contribution in [1.82, 2.24) is 9.78 Å². The molecule has 0 fully saturated rings. The molecule has 2 N–H and O–H groups in total. The molecule has 14 heavy (non-hydrogen) atoms. The van der Waals surface area contributed by atoms with Crippen molar-refractivity contribution in [3.05, 3.63) is 18.5 Å². The fraction of sp³-hybridized carbons (Fsp3) is 0.625. The van der Waals surface area contributed by atoms with E-state index in [4.69, 9.17) is 5.73 Å². The van der Waals surface area contributed by atoms with E-state index in [1.54, 1.807) is 23.1 Å². The number of hydrogen-bond donors (Lipinski definition) is 1. The van der Waals surface area contributed by atoms with E-state index >= 15 is 0 Å². The first-order chi connectivity index (χ1) is 6.64. The summed E-state index contributed by atoms with van der Waals surface area (Å²) in [5.74, 6) is 0.305. The van der Waals surface area contributed by atoms with Gasteiger partial charge in [0, 0.05) is 12.4 Å². The standard InChI is InChI=1S/C8H15N3O2S/c9-3-1-7-14(12,13)8-6-11-5-2-4-10-11/h2,4-5H,1,3,6-9H2. The summed E-state index contributed by atoms with van der Waals surface area (Å²) in [6.07, 6.45) is 3.91. The molecular formula is C8H15N3O2S. The van der Waals surface area contributed by atoms with E-state index in [9.17, 15) is 8.42 Å². The molecule has 0 spiro atoms. The second kappa shape index (κ2) is 5.11. The van der Waals surface area contributed by atoms with E-state index in [0.29, 0.717) is 19.5 Å². The van der Waals surface area contributed by atoms with E-state index in [1.807, 2.05) is 0 Å². The minimum Gasteiger partial charge on any atom is -0.330 e. The van der Waals surface area contributed by atoms with Crippen molar-refractivity contribution in [3.8, 4) is 0 Å². The quantitative estimate of drug-likeness (QED) is 0.706. The van der Waals surface area contributed by atoms with Gasteiger partial charge < -0.3 is 5.73 Å². The van der Waals surface area contributed by atoms with E-state index in [1.165, 1.54) is 0 Å². The van der Waals surface area contributed by atoms with Gasteiger partial charge in [-0.3, -0.25) is 4.68 Å². The predicted molar refractivity (Wildman–Crippen MR) is 54.6 cm³/mol. The summed E-state index contributed by atoms with van der Waals surface area (Å²) in [5.41, 5.74) is 5.24. The van der Waals surface area contributed by atoms with Crippen LogP contribution in [-0.2, 0) is 16.4 Å². The van der Waals surface area contributed by atoms with Gasteiger partial charge in [0.25, 0.3) is 0 Å². The average Bonchev–Trinajstić information content (AvgIpc) is 2.64. The Morgan fingerprint density at radius 3 is 2.71 bits per heavy atom. The number of aryl methyl sites for hydroxylation is 1. The lowest BCUT2D eigenvalue weighted by Crippen LogP contribution is -2.18. The third kappa shape index (κ3) is 3.89. The molecule has 80 valence electrons. The molecule has 0 aliphatic heterocycles. The second-order valence-corrected chi connectivity index (χ2v) is 5.37. The number of nitrogens with zero attached hydrogens (tertiary/aromatic N) is 2. The highest BCUT2D eigenvalue weighted by atomic mass is 32.2. The molecule has 0 saturated carbocycles. The zero-order valence-electron chi connectivity index (χ0n) is 7.96. The lowest BCUT2D eigenvalue weighted by molar-refractivity contribution is 0.578. The molecule has 1 aromatic heterocycles. The fourth-order valence-electron chi connectivity index (χ4n) is 1.07. The topological polar surface area (TPSA) is 78.0 Å². The van der Waals surface area contributed by atoms with Crippen LogP contribution in [0.15, 0.2) is 18.5 Å². The van der Waals surface area contributed by atoms with Gasteiger partial charge in [-0.2, -0.15) is 5.10 Å². The largest absolute Gasteiger partial charge is 0.330 e. The van der Waals surface area contributed by atoms with Crippen molar-refractivity contribution < 1.29 is 8.42 Å². The van der Waals surface area contributed by atoms with Crippen molar-refractivity contribution in [2.24, 2.45) is 5.73 Å². The summed E-state index contributed by atoms with van der Waals surface area (Å²) in [4.78, 5) is 0. The van der Waals surface area contributed by atoms with Gasteiger partial charge in [0.2, 0.25) is 0 Å². The second-order valence-electron chi connectivity index (χ2n) is 3.06. The van der Waals surface area contributed by atoms with E-state index in [0.717, 1.165) is 0 Å². The molecule has 0 saturated heterocycles. The maximum absolute atomic E-state index is 11.4. The van der Waals surface area contributed by atoms with Crippen LogP contribution in [0.5, 0.6) is 0 Å². The minimum absolute atomic E-state index is 0.134. The van der Waals surface area contributed by atoms with Crippen LogP contribution in [0.2, 0.25) is 0 Å². The molecule has 0 amide bonds. The Kier molecular flexibility index (Phi) is 4.09. The Labute approximate surface area is 83.8 Å². The number of hydrogen-bond acceptors (Lipinski definition) is 4. The molecule has 0 aliphatic rings. The number of aromatic nitrogens is 2. The lowest BCUT2D eigenvalue weighted by atomic mass is 10.5. The van der Waals surface area contributed by atoms with Gasteiger partial charge in [-0.15, -0.1) is 0 Å². The van der Waals surface area contributed by atoms with Gasteiger partial charge in [0.05, 0.1) is 18.1 Å². The smallest absolute Gasteiger partial charge is 0.152 e. The predicted octanol–water partition coefficient (Wildman–Crippen LogP) is -0.353. The molecule has 6 heteroatoms. The summed E-state index contributed by atoms with van der Waals surface area (Å²) in [5, 5.41) is 3.93. The first-order valence-corrected chi connectivity index (χ1v) is 6.34. The van der Waals surface area contributed by atoms with E-state index < -0.39 is 9.84 Å². The summed E-state index contributed by atoms with van der Waals surface area (Å²) in [6.45, 7) is 0.834. The highest BCUT2D eigenvalue weighted by Gasteiger charge is 2.09. The van der Waals surface area contributed by atoms with Crippen molar-refractivity contribution in [2.45, 2.75) is 13.0 Å². The molecule has 0 bridgehead atoms. The van der Waals surface area contributed by atoms with Crippen LogP contribution in [-0.4, -0.2) is 36.2 Å². The molecule has 0 unspecified atom stereocenters. The van der Waals surface area contributed by atoms with Crippen molar-refractivity contribution in [1.29, 1.82) is 0 Å². The zero-order valence-corrected chi connectivity index (χ0v) is 8.78. The highest BCUT2D eigenvalue weighted by Crippen LogP contribution is 1.95. The van der Waals surface area contributed by atoms with Crippen LogP contribution in [0.1, 0.15) is 6.42 Å². The Morgan fingerprint density at radius 1 is 1.36 bits per heavy atom. The number of nitrogens with two attached hydrogens (primary N) is 1. The molecule has 0 atom stereocenters. The van der Waals surface area contributed by atoms with Crippen LogP contribution >= 0.6 is 0 Å². The van der Waals surface area contributed by atoms with Crippen molar-refractivity contribution in [2.75, 3.05) is 18.1 Å². The Morgan fingerprint density at radius 2 is 2.14 bits per heavy atom. The lowest BCUT2D eigenvalue weighted by Gasteiger charge is -2.03. The van der Waals surface area contributed by atoms with E-state index in [2.05, 4.69) is 5.10 Å². The molecule has 5 nitrogen and oxygen atoms in total. The Hall–Kier alpha value is -0.880. The fourth-order valence-corrected chi connectivity index (χ4v) is 2.35. The first-order valence-electron chi connectivity index (χ1n) is 4.52. The van der Waals surface area contributed by atoms with Crippen LogP contribution in [0, 0.1) is 0 Å². The Balaban J connectivity index is 2.37. The van der Waals surface area contributed by atoms with Gasteiger partial charge in [-0.1, -0.05) is 0 Å².